The molecule has 2 heterocycles. The molecule has 1 aliphatic heterocycles. The highest BCUT2D eigenvalue weighted by Gasteiger charge is 2.33. The number of aromatic nitrogens is 3. The van der Waals surface area contributed by atoms with Crippen molar-refractivity contribution in [3.05, 3.63) is 82.8 Å². The van der Waals surface area contributed by atoms with Crippen molar-refractivity contribution >= 4 is 12.0 Å². The second-order valence-corrected chi connectivity index (χ2v) is 7.87. The fourth-order valence-corrected chi connectivity index (χ4v) is 4.41. The smallest absolute Gasteiger partial charge is 0.387 e. The number of halogens is 4. The van der Waals surface area contributed by atoms with Gasteiger partial charge in [-0.15, -0.1) is 0 Å². The van der Waals surface area contributed by atoms with Crippen LogP contribution in [0.25, 0.3) is 6.08 Å². The van der Waals surface area contributed by atoms with Gasteiger partial charge in [-0.2, -0.15) is 27.6 Å². The Labute approximate surface area is 192 Å². The SMILES string of the molecule is FC(F)Oc1ccc(/C=C2/CCCC3=C2Nc2ncnn2[C@@H]3c2ccc(OC(F)F)cc2)cc1. The van der Waals surface area contributed by atoms with Crippen LogP contribution in [0, 0.1) is 0 Å². The predicted molar refractivity (Wildman–Crippen MR) is 117 cm³/mol. The number of benzene rings is 2. The molecule has 34 heavy (non-hydrogen) atoms. The van der Waals surface area contributed by atoms with E-state index in [1.165, 1.54) is 30.6 Å². The maximum Gasteiger partial charge on any atom is 0.387 e. The van der Waals surface area contributed by atoms with E-state index in [-0.39, 0.29) is 17.5 Å². The van der Waals surface area contributed by atoms with Gasteiger partial charge in [-0.1, -0.05) is 24.3 Å². The summed E-state index contributed by atoms with van der Waals surface area (Å²) >= 11 is 0. The fourth-order valence-electron chi connectivity index (χ4n) is 4.41. The number of nitrogens with one attached hydrogen (secondary N) is 1. The number of hydrogen-bond donors (Lipinski definition) is 1. The first kappa shape index (κ1) is 22.0. The van der Waals surface area contributed by atoms with Gasteiger partial charge in [0.1, 0.15) is 23.9 Å². The van der Waals surface area contributed by atoms with Crippen LogP contribution in [0.3, 0.4) is 0 Å². The summed E-state index contributed by atoms with van der Waals surface area (Å²) < 4.78 is 60.6. The quantitative estimate of drug-likeness (QED) is 0.445. The van der Waals surface area contributed by atoms with Crippen LogP contribution in [-0.4, -0.2) is 28.0 Å². The third-order valence-electron chi connectivity index (χ3n) is 5.79. The molecule has 0 amide bonds. The van der Waals surface area contributed by atoms with Gasteiger partial charge in [0.05, 0.1) is 0 Å². The lowest BCUT2D eigenvalue weighted by Crippen LogP contribution is -2.28. The van der Waals surface area contributed by atoms with Crippen molar-refractivity contribution in [3.8, 4) is 11.5 Å². The van der Waals surface area contributed by atoms with Crippen LogP contribution in [0.1, 0.15) is 36.4 Å². The average molecular weight is 472 g/mol. The lowest BCUT2D eigenvalue weighted by molar-refractivity contribution is -0.0505. The zero-order valence-electron chi connectivity index (χ0n) is 17.8. The first-order valence-corrected chi connectivity index (χ1v) is 10.7. The van der Waals surface area contributed by atoms with Gasteiger partial charge in [0, 0.05) is 5.70 Å². The van der Waals surface area contributed by atoms with Crippen molar-refractivity contribution in [1.82, 2.24) is 14.8 Å². The highest BCUT2D eigenvalue weighted by Crippen LogP contribution is 2.43. The van der Waals surface area contributed by atoms with Crippen LogP contribution in [0.15, 0.2) is 71.7 Å². The number of nitrogens with zero attached hydrogens (tertiary/aromatic N) is 3. The minimum absolute atomic E-state index is 0.0872. The summed E-state index contributed by atoms with van der Waals surface area (Å²) in [4.78, 5) is 4.33. The molecule has 5 rings (SSSR count). The van der Waals surface area contributed by atoms with E-state index in [4.69, 9.17) is 0 Å². The number of allylic oxidation sites excluding steroid dienone is 2. The molecule has 1 aromatic heterocycles. The van der Waals surface area contributed by atoms with Crippen LogP contribution in [0.4, 0.5) is 23.5 Å². The zero-order chi connectivity index (χ0) is 23.7. The van der Waals surface area contributed by atoms with Crippen LogP contribution >= 0.6 is 0 Å². The van der Waals surface area contributed by atoms with E-state index in [0.29, 0.717) is 5.95 Å². The highest BCUT2D eigenvalue weighted by atomic mass is 19.3. The van der Waals surface area contributed by atoms with Gasteiger partial charge in [0.2, 0.25) is 5.95 Å². The molecule has 0 saturated carbocycles. The minimum Gasteiger partial charge on any atom is -0.435 e. The van der Waals surface area contributed by atoms with E-state index in [2.05, 4.69) is 24.9 Å². The molecule has 1 atom stereocenters. The number of rotatable bonds is 6. The molecular weight excluding hydrogens is 452 g/mol. The molecule has 10 heteroatoms. The summed E-state index contributed by atoms with van der Waals surface area (Å²) in [7, 11) is 0. The number of anilines is 1. The molecule has 0 saturated heterocycles. The van der Waals surface area contributed by atoms with Gasteiger partial charge in [-0.05, 0) is 71.9 Å². The van der Waals surface area contributed by atoms with Crippen molar-refractivity contribution in [1.29, 1.82) is 0 Å². The molecule has 2 aliphatic rings. The Bertz CT molecular complexity index is 1220. The Hall–Kier alpha value is -3.82. The molecule has 0 unspecified atom stereocenters. The molecule has 0 fully saturated rings. The first-order chi connectivity index (χ1) is 16.5. The number of hydrogen-bond acceptors (Lipinski definition) is 5. The van der Waals surface area contributed by atoms with Gasteiger partial charge < -0.3 is 14.8 Å². The maximum atomic E-state index is 12.5. The van der Waals surface area contributed by atoms with Crippen LogP contribution in [-0.2, 0) is 0 Å². The van der Waals surface area contributed by atoms with Gasteiger partial charge in [-0.3, -0.25) is 0 Å². The lowest BCUT2D eigenvalue weighted by Gasteiger charge is -2.34. The molecule has 0 spiro atoms. The normalized spacial score (nSPS) is 18.6. The number of alkyl halides is 4. The monoisotopic (exact) mass is 472 g/mol. The van der Waals surface area contributed by atoms with E-state index in [1.807, 2.05) is 6.08 Å². The zero-order valence-corrected chi connectivity index (χ0v) is 17.8. The summed E-state index contributed by atoms with van der Waals surface area (Å²) in [5, 5.41) is 7.76. The second-order valence-electron chi connectivity index (χ2n) is 7.87. The third kappa shape index (κ3) is 4.48. The third-order valence-corrected chi connectivity index (χ3v) is 5.79. The summed E-state index contributed by atoms with van der Waals surface area (Å²) in [5.74, 6) is 0.762. The largest absolute Gasteiger partial charge is 0.435 e. The molecule has 176 valence electrons. The van der Waals surface area contributed by atoms with Crippen molar-refractivity contribution in [2.45, 2.75) is 38.5 Å². The maximum absolute atomic E-state index is 12.5. The van der Waals surface area contributed by atoms with E-state index in [0.717, 1.165) is 47.2 Å². The molecule has 2 aromatic carbocycles. The van der Waals surface area contributed by atoms with Crippen molar-refractivity contribution < 1.29 is 27.0 Å². The van der Waals surface area contributed by atoms with E-state index in [1.54, 1.807) is 28.9 Å². The summed E-state index contributed by atoms with van der Waals surface area (Å²) in [5.41, 5.74) is 4.83. The van der Waals surface area contributed by atoms with Crippen molar-refractivity contribution in [2.75, 3.05) is 5.32 Å². The standard InChI is InChI=1S/C24H20F4N4O2/c25-22(26)33-17-8-4-14(5-9-17)12-16-2-1-3-19-20(16)31-24-29-13-30-32(24)21(19)15-6-10-18(11-7-15)34-23(27)28/h4-13,21-23H,1-3H2,(H,29,30,31)/b16-12-/t21-/m1/s1. The molecule has 6 nitrogen and oxygen atoms in total. The average Bonchev–Trinajstić information content (AvgIpc) is 3.27. The topological polar surface area (TPSA) is 61.2 Å². The Morgan fingerprint density at radius 1 is 0.912 bits per heavy atom. The summed E-state index contributed by atoms with van der Waals surface area (Å²) in [6.45, 7) is -5.75. The van der Waals surface area contributed by atoms with Crippen LogP contribution < -0.4 is 14.8 Å². The Balaban J connectivity index is 1.50. The second kappa shape index (κ2) is 9.20. The molecule has 0 radical (unpaired) electrons. The Morgan fingerprint density at radius 3 is 2.21 bits per heavy atom. The number of ether oxygens (including phenoxy) is 2. The summed E-state index contributed by atoms with van der Waals surface area (Å²) in [6, 6.07) is 12.8. The van der Waals surface area contributed by atoms with Crippen molar-refractivity contribution in [2.24, 2.45) is 0 Å². The fraction of sp³-hybridized carbons (Fsp3) is 0.250. The van der Waals surface area contributed by atoms with Crippen molar-refractivity contribution in [3.63, 3.8) is 0 Å². The molecule has 1 aliphatic carbocycles. The van der Waals surface area contributed by atoms with Gasteiger partial charge in [0.15, 0.2) is 0 Å². The minimum atomic E-state index is -2.89. The van der Waals surface area contributed by atoms with E-state index < -0.39 is 13.2 Å². The molecular formula is C24H20F4N4O2. The molecule has 0 bridgehead atoms. The lowest BCUT2D eigenvalue weighted by atomic mass is 9.83. The van der Waals surface area contributed by atoms with Crippen LogP contribution in [0.2, 0.25) is 0 Å². The highest BCUT2D eigenvalue weighted by molar-refractivity contribution is 5.66. The van der Waals surface area contributed by atoms with Gasteiger partial charge in [-0.25, -0.2) is 4.68 Å². The van der Waals surface area contributed by atoms with Crippen LogP contribution in [0.5, 0.6) is 11.5 Å². The predicted octanol–water partition coefficient (Wildman–Crippen LogP) is 6.02. The van der Waals surface area contributed by atoms with E-state index in [9.17, 15) is 17.6 Å². The van der Waals surface area contributed by atoms with Gasteiger partial charge in [0.25, 0.3) is 0 Å². The number of fused-ring (bicyclic) bond motifs is 1. The van der Waals surface area contributed by atoms with Gasteiger partial charge >= 0.3 is 13.2 Å². The first-order valence-electron chi connectivity index (χ1n) is 10.7. The summed E-state index contributed by atoms with van der Waals surface area (Å²) in [6.07, 6.45) is 6.03. The Kier molecular flexibility index (Phi) is 5.95. The molecule has 1 N–H and O–H groups in total. The Morgan fingerprint density at radius 2 is 1.56 bits per heavy atom. The van der Waals surface area contributed by atoms with E-state index >= 15 is 0 Å². The molecule has 3 aromatic rings.